The predicted molar refractivity (Wildman–Crippen MR) is 185 cm³/mol. The van der Waals surface area contributed by atoms with E-state index in [0.29, 0.717) is 39.6 Å². The van der Waals surface area contributed by atoms with Gasteiger partial charge in [0.1, 0.15) is 0 Å². The van der Waals surface area contributed by atoms with Crippen LogP contribution in [0, 0.1) is 0 Å². The van der Waals surface area contributed by atoms with Crippen LogP contribution in [0.3, 0.4) is 0 Å². The molecule has 45 heavy (non-hydrogen) atoms. The van der Waals surface area contributed by atoms with E-state index in [4.69, 9.17) is 36.8 Å². The van der Waals surface area contributed by atoms with Gasteiger partial charge in [-0.15, -0.1) is 0 Å². The average Bonchev–Trinajstić information content (AvgIpc) is 2.88. The first-order valence-corrected chi connectivity index (χ1v) is 20.4. The van der Waals surface area contributed by atoms with Crippen molar-refractivity contribution in [2.75, 3.05) is 39.6 Å². The third kappa shape index (κ3) is 60.6. The molecule has 10 nitrogen and oxygen atoms in total. The van der Waals surface area contributed by atoms with Crippen LogP contribution in [0.15, 0.2) is 0 Å². The van der Waals surface area contributed by atoms with Crippen LogP contribution in [-0.2, 0) is 48.3 Å². The average molecular weight is 725 g/mol. The second-order valence-electron chi connectivity index (χ2n) is 12.6. The Kier molecular flexibility index (Phi) is 44.2. The Morgan fingerprint density at radius 3 is 0.578 bits per heavy atom. The Bertz CT molecular complexity index is 452. The van der Waals surface area contributed by atoms with Gasteiger partial charge in [0.15, 0.2) is 0 Å². The van der Waals surface area contributed by atoms with E-state index >= 15 is 0 Å². The van der Waals surface area contributed by atoms with Gasteiger partial charge in [0.2, 0.25) is 0 Å². The van der Waals surface area contributed by atoms with Crippen molar-refractivity contribution < 1.29 is 68.1 Å². The summed E-state index contributed by atoms with van der Waals surface area (Å²) in [5, 5.41) is 17.0. The summed E-state index contributed by atoms with van der Waals surface area (Å²) in [6.07, 6.45) is 11.7. The summed E-state index contributed by atoms with van der Waals surface area (Å²) in [6, 6.07) is 0. The second kappa shape index (κ2) is 36.0. The van der Waals surface area contributed by atoms with Crippen LogP contribution >= 0.6 is 0 Å². The van der Waals surface area contributed by atoms with Crippen molar-refractivity contribution in [3.63, 3.8) is 0 Å². The molecule has 0 amide bonds. The molecule has 0 rings (SSSR count). The number of unbranched alkanes of at least 4 members (excludes halogenated alkanes) is 6. The van der Waals surface area contributed by atoms with Gasteiger partial charge in [0, 0.05) is 61.4 Å². The van der Waals surface area contributed by atoms with Crippen LogP contribution in [0.25, 0.3) is 0 Å². The van der Waals surface area contributed by atoms with Crippen molar-refractivity contribution in [2.45, 2.75) is 171 Å². The van der Waals surface area contributed by atoms with Crippen LogP contribution < -0.4 is 0 Å². The Labute approximate surface area is 296 Å². The first kappa shape index (κ1) is 55.2. The molecule has 0 bridgehead atoms. The second-order valence-corrected chi connectivity index (χ2v) is 16.4. The van der Waals surface area contributed by atoms with Gasteiger partial charge in [-0.25, -0.2) is 0 Å². The van der Waals surface area contributed by atoms with Gasteiger partial charge in [0.25, 0.3) is 0 Å². The zero-order valence-corrected chi connectivity index (χ0v) is 35.0. The maximum atomic E-state index is 10.2. The topological polar surface area (TPSA) is 136 Å². The quantitative estimate of drug-likeness (QED) is 0.0594. The van der Waals surface area contributed by atoms with E-state index in [1.54, 1.807) is 41.5 Å². The monoisotopic (exact) mass is 724 g/mol. The summed E-state index contributed by atoms with van der Waals surface area (Å²) in [5.41, 5.74) is -1.00. The summed E-state index contributed by atoms with van der Waals surface area (Å²) in [5.74, 6) is 0. The molecule has 0 aliphatic rings. The molecule has 0 heterocycles. The molecule has 0 unspecified atom stereocenters. The molecule has 13 heteroatoms. The van der Waals surface area contributed by atoms with E-state index in [0.717, 1.165) is 77.0 Å². The summed E-state index contributed by atoms with van der Waals surface area (Å²) in [4.78, 5) is 20.3. The summed E-state index contributed by atoms with van der Waals surface area (Å²) >= 11 is 0. The van der Waals surface area contributed by atoms with Gasteiger partial charge in [-0.3, -0.25) is 0 Å². The van der Waals surface area contributed by atoms with Crippen molar-refractivity contribution in [3.05, 3.63) is 0 Å². The largest absolute Gasteiger partial charge is 0.676 e. The minimum absolute atomic E-state index is 0. The van der Waals surface area contributed by atoms with Gasteiger partial charge >= 0.3 is 18.1 Å². The maximum Gasteiger partial charge on any atom is 0.676 e. The molecule has 0 aromatic carbocycles. The normalized spacial score (nSPS) is 11.7. The van der Waals surface area contributed by atoms with Crippen molar-refractivity contribution in [1.29, 1.82) is 0 Å². The summed E-state index contributed by atoms with van der Waals surface area (Å²) in [7, 11) is -6.72. The Morgan fingerprint density at radius 2 is 0.489 bits per heavy atom. The summed E-state index contributed by atoms with van der Waals surface area (Å²) in [6.45, 7) is 26.0. The summed E-state index contributed by atoms with van der Waals surface area (Å²) < 4.78 is 32.5. The van der Waals surface area contributed by atoms with Crippen LogP contribution in [0.1, 0.15) is 160 Å². The van der Waals surface area contributed by atoms with E-state index < -0.39 is 29.3 Å². The van der Waals surface area contributed by atoms with Crippen molar-refractivity contribution >= 4 is 18.1 Å². The third-order valence-corrected chi connectivity index (χ3v) is 8.11. The zero-order chi connectivity index (χ0) is 35.0. The SMILES string of the molecule is CC(C)(C)O.CC(C)(C)O.CCCCO[Si](O)(OCCCC)OCCCC.CCCCO[Si](O)(OCCCC)OCCCC.[Ti]. The van der Waals surface area contributed by atoms with Gasteiger partial charge < -0.3 is 46.4 Å². The number of hydrogen-bond acceptors (Lipinski definition) is 10. The smallest absolute Gasteiger partial charge is 0.391 e. The fourth-order valence-corrected chi connectivity index (χ4v) is 5.24. The minimum atomic E-state index is -3.36. The number of rotatable bonds is 24. The fourth-order valence-electron chi connectivity index (χ4n) is 2.32. The Morgan fingerprint density at radius 1 is 0.378 bits per heavy atom. The predicted octanol–water partition coefficient (Wildman–Crippen LogP) is 7.28. The van der Waals surface area contributed by atoms with E-state index in [-0.39, 0.29) is 21.7 Å². The van der Waals surface area contributed by atoms with Gasteiger partial charge in [-0.2, -0.15) is 0 Å². The molecule has 0 radical (unpaired) electrons. The van der Waals surface area contributed by atoms with Crippen LogP contribution in [0.2, 0.25) is 0 Å². The van der Waals surface area contributed by atoms with E-state index in [1.807, 2.05) is 0 Å². The molecule has 0 saturated carbocycles. The van der Waals surface area contributed by atoms with E-state index in [9.17, 15) is 9.59 Å². The molecule has 0 aromatic rings. The molecule has 0 aromatic heterocycles. The molecule has 0 aliphatic heterocycles. The number of hydrogen-bond donors (Lipinski definition) is 4. The van der Waals surface area contributed by atoms with Crippen LogP contribution in [0.4, 0.5) is 0 Å². The first-order valence-electron chi connectivity index (χ1n) is 17.1. The third-order valence-electron chi connectivity index (χ3n) is 4.69. The molecule has 0 aliphatic carbocycles. The Hall–Kier alpha value is 0.748. The van der Waals surface area contributed by atoms with Gasteiger partial charge in [0.05, 0.1) is 11.2 Å². The van der Waals surface area contributed by atoms with Crippen molar-refractivity contribution in [2.24, 2.45) is 0 Å². The fraction of sp³-hybridized carbons (Fsp3) is 1.00. The number of aliphatic hydroxyl groups is 2. The van der Waals surface area contributed by atoms with E-state index in [2.05, 4.69) is 41.5 Å². The first-order chi connectivity index (χ1) is 20.4. The molecule has 4 N–H and O–H groups in total. The van der Waals surface area contributed by atoms with Gasteiger partial charge in [-0.1, -0.05) is 80.1 Å². The van der Waals surface area contributed by atoms with Crippen molar-refractivity contribution in [1.82, 2.24) is 0 Å². The van der Waals surface area contributed by atoms with Crippen LogP contribution in [-0.4, -0.2) is 88.7 Å². The molecular weight excluding hydrogens is 648 g/mol. The molecule has 0 fully saturated rings. The molecular formula is C32H76O10Si2Ti. The van der Waals surface area contributed by atoms with E-state index in [1.165, 1.54) is 0 Å². The molecule has 0 spiro atoms. The standard InChI is InChI=1S/2C12H28O4Si.2C4H10O.Ti/c2*1-4-7-10-14-17(13,15-11-8-5-2)16-12-9-6-3;2*1-4(2,3)5;/h2*13H,4-12H2,1-3H3;2*5H,1-3H3;. The Balaban J connectivity index is -0.000000179. The van der Waals surface area contributed by atoms with Crippen LogP contribution in [0.5, 0.6) is 0 Å². The van der Waals surface area contributed by atoms with Crippen molar-refractivity contribution in [3.8, 4) is 0 Å². The minimum Gasteiger partial charge on any atom is -0.391 e. The van der Waals surface area contributed by atoms with Gasteiger partial charge in [-0.05, 0) is 80.1 Å². The molecule has 0 saturated heterocycles. The molecule has 0 atom stereocenters. The zero-order valence-electron chi connectivity index (χ0n) is 31.5. The maximum absolute atomic E-state index is 10.2. The molecule has 276 valence electrons.